The van der Waals surface area contributed by atoms with Crippen LogP contribution in [0.2, 0.25) is 0 Å². The summed E-state index contributed by atoms with van der Waals surface area (Å²) in [5.41, 5.74) is -0.772. The number of hydrogen-bond acceptors (Lipinski definition) is 4. The van der Waals surface area contributed by atoms with E-state index in [1.54, 1.807) is 7.05 Å². The molecule has 0 aliphatic heterocycles. The SMILES string of the molecule is CNC(=O)[C@@]1(O)CC[C@H]2[C@@H]3CCC4=CC(O)C=C[C@]4(C)[C@H]3[C@@H](O)C3C[C@]321. The van der Waals surface area contributed by atoms with Gasteiger partial charge in [-0.2, -0.15) is 0 Å². The Morgan fingerprint density at radius 2 is 2.04 bits per heavy atom. The molecule has 0 radical (unpaired) electrons. The van der Waals surface area contributed by atoms with E-state index >= 15 is 0 Å². The molecule has 4 fully saturated rings. The fraction of sp³-hybridized carbons (Fsp3) is 0.762. The largest absolute Gasteiger partial charge is 0.392 e. The van der Waals surface area contributed by atoms with Crippen molar-refractivity contribution in [1.29, 1.82) is 0 Å². The van der Waals surface area contributed by atoms with Crippen molar-refractivity contribution < 1.29 is 20.1 Å². The minimum atomic E-state index is -1.33. The lowest BCUT2D eigenvalue weighted by atomic mass is 9.49. The first kappa shape index (κ1) is 17.0. The van der Waals surface area contributed by atoms with Gasteiger partial charge < -0.3 is 20.6 Å². The van der Waals surface area contributed by atoms with Crippen LogP contribution in [0.25, 0.3) is 0 Å². The molecule has 142 valence electrons. The van der Waals surface area contributed by atoms with E-state index in [1.807, 2.05) is 12.2 Å². The third-order valence-electron chi connectivity index (χ3n) is 8.81. The van der Waals surface area contributed by atoms with Gasteiger partial charge in [0.25, 0.3) is 5.91 Å². The Labute approximate surface area is 154 Å². The number of likely N-dealkylation sites (N-methyl/N-ethyl adjacent to an activating group) is 1. The van der Waals surface area contributed by atoms with Gasteiger partial charge in [-0.1, -0.05) is 30.7 Å². The van der Waals surface area contributed by atoms with Gasteiger partial charge in [0, 0.05) is 23.8 Å². The number of fused-ring (bicyclic) bond motifs is 4. The standard InChI is InChI=1S/C21H29NO4/c1-19-7-5-12(23)9-11(19)3-4-13-14-6-8-21(26,18(25)22-2)20(14)10-15(20)17(24)16(13)19/h5,7,9,12-17,23-24,26H,3-4,6,8,10H2,1-2H3,(H,22,25)/t12?,13-,14-,15?,16+,17-,19-,20+,21-/m0/s1. The number of allylic oxidation sites excluding steroid dienone is 2. The van der Waals surface area contributed by atoms with Gasteiger partial charge >= 0.3 is 0 Å². The van der Waals surface area contributed by atoms with Crippen LogP contribution in [0.5, 0.6) is 0 Å². The van der Waals surface area contributed by atoms with Crippen LogP contribution in [0.4, 0.5) is 0 Å². The first-order valence-electron chi connectivity index (χ1n) is 10.0. The number of hydrogen-bond donors (Lipinski definition) is 4. The molecule has 0 bridgehead atoms. The quantitative estimate of drug-likeness (QED) is 0.529. The third kappa shape index (κ3) is 1.71. The number of aliphatic hydroxyl groups excluding tert-OH is 2. The monoisotopic (exact) mass is 359 g/mol. The summed E-state index contributed by atoms with van der Waals surface area (Å²) in [6, 6.07) is 0. The van der Waals surface area contributed by atoms with Gasteiger partial charge in [0.2, 0.25) is 0 Å². The van der Waals surface area contributed by atoms with Crippen LogP contribution in [0, 0.1) is 34.5 Å². The number of amides is 1. The number of aliphatic hydroxyl groups is 3. The van der Waals surface area contributed by atoms with E-state index in [2.05, 4.69) is 18.3 Å². The summed E-state index contributed by atoms with van der Waals surface area (Å²) in [6.45, 7) is 2.19. The van der Waals surface area contributed by atoms with E-state index in [0.29, 0.717) is 18.3 Å². The molecule has 4 saturated carbocycles. The molecule has 1 spiro atoms. The molecule has 4 N–H and O–H groups in total. The van der Waals surface area contributed by atoms with E-state index in [1.165, 1.54) is 5.57 Å². The fourth-order valence-electron chi connectivity index (χ4n) is 7.70. The summed E-state index contributed by atoms with van der Waals surface area (Å²) < 4.78 is 0. The molecule has 1 amide bonds. The van der Waals surface area contributed by atoms with Crippen molar-refractivity contribution in [2.75, 3.05) is 7.05 Å². The predicted octanol–water partition coefficient (Wildman–Crippen LogP) is 1.14. The Bertz CT molecular complexity index is 732. The van der Waals surface area contributed by atoms with Gasteiger partial charge in [-0.25, -0.2) is 0 Å². The van der Waals surface area contributed by atoms with E-state index in [-0.39, 0.29) is 23.2 Å². The number of nitrogens with one attached hydrogen (secondary N) is 1. The van der Waals surface area contributed by atoms with Crippen molar-refractivity contribution in [3.63, 3.8) is 0 Å². The van der Waals surface area contributed by atoms with E-state index in [4.69, 9.17) is 0 Å². The van der Waals surface area contributed by atoms with E-state index < -0.39 is 23.2 Å². The molecule has 0 heterocycles. The molecule has 26 heavy (non-hydrogen) atoms. The molecular formula is C21H29NO4. The maximum absolute atomic E-state index is 12.5. The third-order valence-corrected chi connectivity index (χ3v) is 8.81. The second kappa shape index (κ2) is 5.00. The normalized spacial score (nSPS) is 56.6. The van der Waals surface area contributed by atoms with Crippen molar-refractivity contribution in [1.82, 2.24) is 5.32 Å². The van der Waals surface area contributed by atoms with Crippen LogP contribution in [0.1, 0.15) is 39.0 Å². The number of rotatable bonds is 1. The topological polar surface area (TPSA) is 89.8 Å². The molecule has 5 nitrogen and oxygen atoms in total. The smallest absolute Gasteiger partial charge is 0.252 e. The van der Waals surface area contributed by atoms with E-state index in [9.17, 15) is 20.1 Å². The van der Waals surface area contributed by atoms with Crippen molar-refractivity contribution in [2.45, 2.75) is 56.8 Å². The molecule has 0 aromatic rings. The molecule has 5 heteroatoms. The van der Waals surface area contributed by atoms with Gasteiger partial charge in [-0.3, -0.25) is 4.79 Å². The van der Waals surface area contributed by atoms with Crippen LogP contribution < -0.4 is 5.32 Å². The highest BCUT2D eigenvalue weighted by molar-refractivity contribution is 5.87. The Morgan fingerprint density at radius 1 is 1.27 bits per heavy atom. The van der Waals surface area contributed by atoms with Gasteiger partial charge in [-0.15, -0.1) is 0 Å². The number of carbonyl (C=O) groups is 1. The van der Waals surface area contributed by atoms with Gasteiger partial charge in [0.05, 0.1) is 12.2 Å². The zero-order valence-electron chi connectivity index (χ0n) is 15.5. The minimum absolute atomic E-state index is 0.00465. The molecule has 5 aliphatic rings. The molecule has 0 aromatic heterocycles. The Kier molecular flexibility index (Phi) is 3.26. The highest BCUT2D eigenvalue weighted by Crippen LogP contribution is 2.79. The molecule has 2 unspecified atom stereocenters. The van der Waals surface area contributed by atoms with Gasteiger partial charge in [0.15, 0.2) is 0 Å². The zero-order chi connectivity index (χ0) is 18.5. The highest BCUT2D eigenvalue weighted by atomic mass is 16.3. The minimum Gasteiger partial charge on any atom is -0.392 e. The highest BCUT2D eigenvalue weighted by Gasteiger charge is 2.81. The second-order valence-corrected chi connectivity index (χ2v) is 9.48. The van der Waals surface area contributed by atoms with Crippen molar-refractivity contribution in [3.8, 4) is 0 Å². The Balaban J connectivity index is 1.56. The van der Waals surface area contributed by atoms with E-state index in [0.717, 1.165) is 25.7 Å². The number of carbonyl (C=O) groups excluding carboxylic acids is 1. The Morgan fingerprint density at radius 3 is 2.77 bits per heavy atom. The maximum Gasteiger partial charge on any atom is 0.252 e. The van der Waals surface area contributed by atoms with Crippen LogP contribution in [0.3, 0.4) is 0 Å². The maximum atomic E-state index is 12.5. The lowest BCUT2D eigenvalue weighted by molar-refractivity contribution is -0.157. The van der Waals surface area contributed by atoms with Crippen LogP contribution >= 0.6 is 0 Å². The average Bonchev–Trinajstić information content (AvgIpc) is 3.31. The van der Waals surface area contributed by atoms with Crippen molar-refractivity contribution >= 4 is 5.91 Å². The summed E-state index contributed by atoms with van der Waals surface area (Å²) in [4.78, 5) is 12.5. The summed E-state index contributed by atoms with van der Waals surface area (Å²) in [5.74, 6) is 0.418. The average molecular weight is 359 g/mol. The fourth-order valence-corrected chi connectivity index (χ4v) is 7.70. The molecule has 0 saturated heterocycles. The first-order chi connectivity index (χ1) is 12.3. The van der Waals surface area contributed by atoms with Crippen molar-refractivity contribution in [2.24, 2.45) is 34.5 Å². The first-order valence-corrected chi connectivity index (χ1v) is 10.0. The lowest BCUT2D eigenvalue weighted by Crippen LogP contribution is -2.59. The molecule has 0 aromatic carbocycles. The van der Waals surface area contributed by atoms with Crippen LogP contribution in [-0.4, -0.2) is 46.1 Å². The Hall–Kier alpha value is -1.17. The van der Waals surface area contributed by atoms with Crippen LogP contribution in [-0.2, 0) is 4.79 Å². The molecule has 5 aliphatic carbocycles. The van der Waals surface area contributed by atoms with Gasteiger partial charge in [0.1, 0.15) is 5.60 Å². The molecular weight excluding hydrogens is 330 g/mol. The molecule has 9 atom stereocenters. The summed E-state index contributed by atoms with van der Waals surface area (Å²) in [5, 5.41) is 35.3. The predicted molar refractivity (Wildman–Crippen MR) is 95.8 cm³/mol. The van der Waals surface area contributed by atoms with Crippen molar-refractivity contribution in [3.05, 3.63) is 23.8 Å². The molecule has 5 rings (SSSR count). The van der Waals surface area contributed by atoms with Crippen LogP contribution in [0.15, 0.2) is 23.8 Å². The summed E-state index contributed by atoms with van der Waals surface area (Å²) in [6.07, 6.45) is 8.83. The lowest BCUT2D eigenvalue weighted by Gasteiger charge is -2.56. The summed E-state index contributed by atoms with van der Waals surface area (Å²) >= 11 is 0. The summed E-state index contributed by atoms with van der Waals surface area (Å²) in [7, 11) is 1.58. The zero-order valence-corrected chi connectivity index (χ0v) is 15.5. The second-order valence-electron chi connectivity index (χ2n) is 9.48. The van der Waals surface area contributed by atoms with Gasteiger partial charge in [-0.05, 0) is 49.9 Å².